The Balaban J connectivity index is 1.67. The molecule has 0 aromatic heterocycles. The van der Waals surface area contributed by atoms with Gasteiger partial charge in [-0.3, -0.25) is 9.59 Å². The van der Waals surface area contributed by atoms with Gasteiger partial charge in [-0.2, -0.15) is 26.3 Å². The molecule has 0 radical (unpaired) electrons. The first kappa shape index (κ1) is 52.4. The summed E-state index contributed by atoms with van der Waals surface area (Å²) in [5.41, 5.74) is -4.22. The Kier molecular flexibility index (Phi) is 16.4. The fourth-order valence-corrected chi connectivity index (χ4v) is 16.5. The van der Waals surface area contributed by atoms with E-state index in [1.807, 2.05) is 138 Å². The van der Waals surface area contributed by atoms with Crippen molar-refractivity contribution in [3.8, 4) is 0 Å². The second kappa shape index (κ2) is 20.7. The van der Waals surface area contributed by atoms with Gasteiger partial charge in [0.2, 0.25) is 5.91 Å². The van der Waals surface area contributed by atoms with Crippen LogP contribution in [0.3, 0.4) is 0 Å². The van der Waals surface area contributed by atoms with Gasteiger partial charge in [-0.25, -0.2) is 0 Å². The number of nitrogens with one attached hydrogen (secondary N) is 2. The fraction of sp³-hybridized carbons (Fsp3) is 0.373. The van der Waals surface area contributed by atoms with Gasteiger partial charge in [0.05, 0.1) is 29.4 Å². The standard InChI is InChI=1S/C51H61F6N2O4PSi2/c1-35(63-66(49(6,7)8,42-27-19-13-20-28-42)43-29-21-14-22-30-43)44(34-64(40-23-15-11-16-24-40)41-25-17-12-18-26-41)58-47(61)45(36(2)62-65(9,10)48(3,4)5)59-46(60)37-31-38(50(52,53)54)33-39(32-37)51(55,56)57/h11-33,35-36,44-45H,34H2,1-10H3,(H,58,61)(H,59,60)/t35-,36-,44-,45+/m1/s1. The van der Waals surface area contributed by atoms with Crippen molar-refractivity contribution in [3.63, 3.8) is 0 Å². The van der Waals surface area contributed by atoms with Gasteiger partial charge in [-0.15, -0.1) is 0 Å². The van der Waals surface area contributed by atoms with Crippen LogP contribution in [0, 0.1) is 0 Å². The number of hydrogen-bond acceptors (Lipinski definition) is 4. The summed E-state index contributed by atoms with van der Waals surface area (Å²) >= 11 is 0. The van der Waals surface area contributed by atoms with Crippen molar-refractivity contribution in [2.75, 3.05) is 6.16 Å². The average molecular weight is 967 g/mol. The highest BCUT2D eigenvalue weighted by Crippen LogP contribution is 2.41. The minimum Gasteiger partial charge on any atom is -0.412 e. The van der Waals surface area contributed by atoms with Gasteiger partial charge < -0.3 is 19.5 Å². The maximum Gasteiger partial charge on any atom is 0.416 e. The monoisotopic (exact) mass is 966 g/mol. The number of carbonyl (C=O) groups excluding carboxylic acids is 2. The number of halogens is 6. The first-order valence-electron chi connectivity index (χ1n) is 21.9. The molecule has 5 rings (SSSR count). The maximum atomic E-state index is 15.2. The Morgan fingerprint density at radius 2 is 0.985 bits per heavy atom. The van der Waals surface area contributed by atoms with Crippen molar-refractivity contribution in [1.29, 1.82) is 0 Å². The highest BCUT2D eigenvalue weighted by atomic mass is 31.1. The molecule has 0 saturated heterocycles. The molecule has 2 N–H and O–H groups in total. The van der Waals surface area contributed by atoms with Crippen LogP contribution in [0.4, 0.5) is 26.3 Å². The highest BCUT2D eigenvalue weighted by molar-refractivity contribution is 7.73. The zero-order valence-electron chi connectivity index (χ0n) is 39.1. The van der Waals surface area contributed by atoms with Crippen molar-refractivity contribution >= 4 is 57.4 Å². The molecule has 0 fully saturated rings. The van der Waals surface area contributed by atoms with Gasteiger partial charge in [0.1, 0.15) is 6.04 Å². The van der Waals surface area contributed by atoms with Crippen LogP contribution >= 0.6 is 7.92 Å². The van der Waals surface area contributed by atoms with E-state index in [-0.39, 0.29) is 11.1 Å². The number of hydrogen-bond donors (Lipinski definition) is 2. The summed E-state index contributed by atoms with van der Waals surface area (Å²) in [6.45, 7) is 19.8. The molecule has 0 heterocycles. The zero-order chi connectivity index (χ0) is 48.9. The van der Waals surface area contributed by atoms with Crippen molar-refractivity contribution in [2.24, 2.45) is 0 Å². The molecule has 354 valence electrons. The molecule has 0 aliphatic rings. The molecule has 66 heavy (non-hydrogen) atoms. The van der Waals surface area contributed by atoms with Crippen LogP contribution in [0.25, 0.3) is 0 Å². The topological polar surface area (TPSA) is 76.7 Å². The van der Waals surface area contributed by atoms with E-state index in [0.717, 1.165) is 21.0 Å². The van der Waals surface area contributed by atoms with Crippen LogP contribution < -0.4 is 31.6 Å². The first-order chi connectivity index (χ1) is 30.7. The van der Waals surface area contributed by atoms with Crippen LogP contribution in [0.1, 0.15) is 76.9 Å². The van der Waals surface area contributed by atoms with E-state index in [4.69, 9.17) is 8.85 Å². The molecule has 0 bridgehead atoms. The molecule has 0 spiro atoms. The van der Waals surface area contributed by atoms with Crippen LogP contribution in [0.2, 0.25) is 23.2 Å². The van der Waals surface area contributed by atoms with Gasteiger partial charge in [0, 0.05) is 5.56 Å². The van der Waals surface area contributed by atoms with Crippen molar-refractivity contribution in [1.82, 2.24) is 10.6 Å². The maximum absolute atomic E-state index is 15.2. The third-order valence-corrected chi connectivity index (χ3v) is 24.7. The Morgan fingerprint density at radius 3 is 1.36 bits per heavy atom. The minimum atomic E-state index is -5.20. The summed E-state index contributed by atoms with van der Waals surface area (Å²) in [5, 5.41) is 9.01. The number of benzene rings is 5. The van der Waals surface area contributed by atoms with Crippen LogP contribution in [-0.2, 0) is 26.0 Å². The third kappa shape index (κ3) is 12.5. The van der Waals surface area contributed by atoms with Gasteiger partial charge in [0.15, 0.2) is 8.32 Å². The third-order valence-electron chi connectivity index (χ3n) is 12.4. The van der Waals surface area contributed by atoms with Gasteiger partial charge in [-0.05, 0) is 90.3 Å². The summed E-state index contributed by atoms with van der Waals surface area (Å²) in [5.74, 6) is -2.04. The molecule has 15 heteroatoms. The molecule has 0 aliphatic heterocycles. The predicted octanol–water partition coefficient (Wildman–Crippen LogP) is 10.8. The van der Waals surface area contributed by atoms with Crippen LogP contribution in [0.5, 0.6) is 0 Å². The second-order valence-electron chi connectivity index (χ2n) is 19.2. The molecular formula is C51H61F6N2O4PSi2. The zero-order valence-corrected chi connectivity index (χ0v) is 42.0. The molecule has 4 atom stereocenters. The summed E-state index contributed by atoms with van der Waals surface area (Å²) in [6, 6.07) is 38.2. The lowest BCUT2D eigenvalue weighted by Gasteiger charge is -2.46. The number of carbonyl (C=O) groups is 2. The smallest absolute Gasteiger partial charge is 0.412 e. The van der Waals surface area contributed by atoms with Crippen LogP contribution in [-0.4, -0.2) is 58.9 Å². The number of amides is 2. The lowest BCUT2D eigenvalue weighted by Crippen LogP contribution is -2.69. The molecule has 0 unspecified atom stereocenters. The molecule has 6 nitrogen and oxygen atoms in total. The van der Waals surface area contributed by atoms with E-state index in [1.165, 1.54) is 0 Å². The largest absolute Gasteiger partial charge is 0.416 e. The van der Waals surface area contributed by atoms with E-state index < -0.39 is 94.7 Å². The summed E-state index contributed by atoms with van der Waals surface area (Å²) < 4.78 is 98.3. The van der Waals surface area contributed by atoms with E-state index in [9.17, 15) is 31.1 Å². The van der Waals surface area contributed by atoms with E-state index in [0.29, 0.717) is 18.3 Å². The summed E-state index contributed by atoms with van der Waals surface area (Å²) in [7, 11) is -7.18. The minimum absolute atomic E-state index is 0.0420. The second-order valence-corrected chi connectivity index (χ2v) is 30.5. The Labute approximate surface area is 388 Å². The van der Waals surface area contributed by atoms with E-state index in [2.05, 4.69) is 55.7 Å². The quantitative estimate of drug-likeness (QED) is 0.0587. The van der Waals surface area contributed by atoms with Crippen molar-refractivity contribution < 1.29 is 44.8 Å². The Hall–Kier alpha value is -4.60. The fourth-order valence-electron chi connectivity index (χ4n) is 7.82. The SMILES string of the molecule is C[C@@H](O[Si](C)(C)C(C)(C)C)[C@H](NC(=O)c1cc(C(F)(F)F)cc(C(F)(F)F)c1)C(=O)N[C@H](CP(c1ccccc1)c1ccccc1)[C@@H](C)O[Si](c1ccccc1)(c1ccccc1)C(C)(C)C. The average Bonchev–Trinajstić information content (AvgIpc) is 3.25. The molecule has 0 aliphatic carbocycles. The first-order valence-corrected chi connectivity index (χ1v) is 28.2. The lowest BCUT2D eigenvalue weighted by atomic mass is 10.0. The number of rotatable bonds is 16. The highest BCUT2D eigenvalue weighted by Gasteiger charge is 2.52. The van der Waals surface area contributed by atoms with Crippen LogP contribution in [0.15, 0.2) is 140 Å². The normalized spacial score (nSPS) is 14.9. The van der Waals surface area contributed by atoms with E-state index >= 15 is 4.79 Å². The number of alkyl halides is 6. The Bertz CT molecular complexity index is 2270. The predicted molar refractivity (Wildman–Crippen MR) is 259 cm³/mol. The molecule has 5 aromatic carbocycles. The van der Waals surface area contributed by atoms with Crippen molar-refractivity contribution in [3.05, 3.63) is 156 Å². The Morgan fingerprint density at radius 1 is 0.576 bits per heavy atom. The van der Waals surface area contributed by atoms with Crippen molar-refractivity contribution in [2.45, 2.75) is 115 Å². The van der Waals surface area contributed by atoms with Gasteiger partial charge in [0.25, 0.3) is 14.2 Å². The lowest BCUT2D eigenvalue weighted by molar-refractivity contribution is -0.143. The summed E-state index contributed by atoms with van der Waals surface area (Å²) in [6.07, 6.45) is -11.8. The van der Waals surface area contributed by atoms with Gasteiger partial charge >= 0.3 is 12.4 Å². The van der Waals surface area contributed by atoms with Gasteiger partial charge in [-0.1, -0.05) is 163 Å². The summed E-state index contributed by atoms with van der Waals surface area (Å²) in [4.78, 5) is 29.3. The molecule has 2 amide bonds. The molecule has 5 aromatic rings. The molecular weight excluding hydrogens is 906 g/mol. The van der Waals surface area contributed by atoms with E-state index in [1.54, 1.807) is 6.92 Å². The molecule has 0 saturated carbocycles.